The van der Waals surface area contributed by atoms with E-state index >= 15 is 0 Å². The van der Waals surface area contributed by atoms with E-state index < -0.39 is 18.5 Å². The Labute approximate surface area is 154 Å². The van der Waals surface area contributed by atoms with Gasteiger partial charge in [0.15, 0.2) is 6.61 Å². The molecule has 0 fully saturated rings. The highest BCUT2D eigenvalue weighted by Gasteiger charge is 2.14. The van der Waals surface area contributed by atoms with E-state index in [1.165, 1.54) is 36.4 Å². The molecule has 1 aromatic heterocycles. The Balaban J connectivity index is 1.91. The predicted molar refractivity (Wildman–Crippen MR) is 98.5 cm³/mol. The normalized spacial score (nSPS) is 10.8. The second-order valence-electron chi connectivity index (χ2n) is 5.14. The number of halogens is 1. The third-order valence-corrected chi connectivity index (χ3v) is 5.01. The Morgan fingerprint density at radius 2 is 2.04 bits per heavy atom. The van der Waals surface area contributed by atoms with Crippen molar-refractivity contribution in [1.82, 2.24) is 10.2 Å². The zero-order valence-electron chi connectivity index (χ0n) is 13.7. The molecule has 1 N–H and O–H groups in total. The van der Waals surface area contributed by atoms with Crippen LogP contribution in [0, 0.1) is 0 Å². The first-order valence-electron chi connectivity index (χ1n) is 7.38. The van der Waals surface area contributed by atoms with Crippen molar-refractivity contribution in [3.63, 3.8) is 0 Å². The predicted octanol–water partition coefficient (Wildman–Crippen LogP) is 2.32. The van der Waals surface area contributed by atoms with Crippen molar-refractivity contribution in [2.75, 3.05) is 27.2 Å². The van der Waals surface area contributed by atoms with E-state index in [0.29, 0.717) is 5.02 Å². The Bertz CT molecular complexity index is 831. The summed E-state index contributed by atoms with van der Waals surface area (Å²) in [5.41, 5.74) is 0. The molecule has 0 radical (unpaired) electrons. The van der Waals surface area contributed by atoms with Crippen molar-refractivity contribution in [2.24, 2.45) is 0 Å². The monoisotopic (exact) mass is 380 g/mol. The third-order valence-electron chi connectivity index (χ3n) is 3.35. The van der Waals surface area contributed by atoms with Crippen LogP contribution in [0.3, 0.4) is 0 Å². The lowest BCUT2D eigenvalue weighted by atomic mass is 10.2. The summed E-state index contributed by atoms with van der Waals surface area (Å²) in [6, 6.07) is 7.66. The molecule has 2 aromatic rings. The van der Waals surface area contributed by atoms with Gasteiger partial charge in [-0.05, 0) is 12.1 Å². The Morgan fingerprint density at radius 1 is 1.32 bits per heavy atom. The minimum absolute atomic E-state index is 0.0971. The van der Waals surface area contributed by atoms with Crippen molar-refractivity contribution >= 4 is 56.9 Å². The average Bonchev–Trinajstić information content (AvgIpc) is 2.93. The number of esters is 1. The highest BCUT2D eigenvalue weighted by Crippen LogP contribution is 2.35. The summed E-state index contributed by atoms with van der Waals surface area (Å²) in [5.74, 6) is -1.43. The molecule has 2 rings (SSSR count). The maximum absolute atomic E-state index is 11.8. The van der Waals surface area contributed by atoms with E-state index in [2.05, 4.69) is 5.32 Å². The summed E-state index contributed by atoms with van der Waals surface area (Å²) in [5, 5.41) is 3.91. The van der Waals surface area contributed by atoms with Crippen LogP contribution in [0.15, 0.2) is 30.3 Å². The number of likely N-dealkylation sites (N-methyl/N-ethyl adjacent to an activating group) is 2. The highest BCUT2D eigenvalue weighted by molar-refractivity contribution is 7.20. The number of nitrogens with one attached hydrogen (secondary N) is 1. The van der Waals surface area contributed by atoms with Crippen LogP contribution in [-0.2, 0) is 19.1 Å². The number of amides is 2. The molecule has 132 valence electrons. The van der Waals surface area contributed by atoms with Crippen LogP contribution in [0.25, 0.3) is 16.2 Å². The minimum atomic E-state index is -0.657. The van der Waals surface area contributed by atoms with Gasteiger partial charge in [0.25, 0.3) is 5.91 Å². The van der Waals surface area contributed by atoms with Gasteiger partial charge in [-0.15, -0.1) is 11.3 Å². The van der Waals surface area contributed by atoms with Gasteiger partial charge in [0.1, 0.15) is 0 Å². The number of carbonyl (C=O) groups is 3. The molecular formula is C17H17ClN2O4S. The van der Waals surface area contributed by atoms with E-state index in [1.807, 2.05) is 24.3 Å². The Hall–Kier alpha value is -2.38. The second kappa shape index (κ2) is 8.64. The Morgan fingerprint density at radius 3 is 2.72 bits per heavy atom. The molecule has 0 aliphatic carbocycles. The number of hydrogen-bond acceptors (Lipinski definition) is 5. The summed E-state index contributed by atoms with van der Waals surface area (Å²) >= 11 is 7.74. The standard InChI is InChI=1S/C17H17ClN2O4S/c1-19-14(21)9-20(2)15(22)10-24-16(23)8-7-13-17(18)11-5-3-4-6-12(11)25-13/h3-8H,9-10H2,1-2H3,(H,19,21)/b8-7+. The number of ether oxygens (including phenoxy) is 1. The quantitative estimate of drug-likeness (QED) is 0.616. The van der Waals surface area contributed by atoms with Gasteiger partial charge in [-0.25, -0.2) is 4.79 Å². The van der Waals surface area contributed by atoms with Crippen LogP contribution in [0.4, 0.5) is 0 Å². The summed E-state index contributed by atoms with van der Waals surface area (Å²) in [6.07, 6.45) is 2.79. The van der Waals surface area contributed by atoms with E-state index in [-0.39, 0.29) is 12.5 Å². The number of nitrogens with zero attached hydrogens (tertiary/aromatic N) is 1. The van der Waals surface area contributed by atoms with Crippen molar-refractivity contribution in [3.8, 4) is 0 Å². The van der Waals surface area contributed by atoms with Crippen LogP contribution in [0.2, 0.25) is 5.02 Å². The van der Waals surface area contributed by atoms with Gasteiger partial charge in [-0.1, -0.05) is 29.8 Å². The first kappa shape index (κ1) is 19.0. The molecule has 2 amide bonds. The third kappa shape index (κ3) is 5.04. The zero-order chi connectivity index (χ0) is 18.4. The lowest BCUT2D eigenvalue weighted by Crippen LogP contribution is -2.38. The molecule has 0 unspecified atom stereocenters. The smallest absolute Gasteiger partial charge is 0.331 e. The SMILES string of the molecule is CNC(=O)CN(C)C(=O)COC(=O)/C=C/c1sc2ccccc2c1Cl. The molecule has 8 heteroatoms. The molecule has 0 bridgehead atoms. The molecule has 0 atom stereocenters. The largest absolute Gasteiger partial charge is 0.452 e. The molecule has 6 nitrogen and oxygen atoms in total. The molecule has 0 saturated heterocycles. The van der Waals surface area contributed by atoms with Crippen LogP contribution in [-0.4, -0.2) is 49.9 Å². The van der Waals surface area contributed by atoms with Gasteiger partial charge in [-0.3, -0.25) is 9.59 Å². The minimum Gasteiger partial charge on any atom is -0.452 e. The maximum atomic E-state index is 11.8. The fourth-order valence-corrected chi connectivity index (χ4v) is 3.36. The van der Waals surface area contributed by atoms with Crippen molar-refractivity contribution < 1.29 is 19.1 Å². The van der Waals surface area contributed by atoms with Crippen LogP contribution in [0.5, 0.6) is 0 Å². The van der Waals surface area contributed by atoms with Gasteiger partial charge in [0, 0.05) is 35.1 Å². The van der Waals surface area contributed by atoms with Crippen molar-refractivity contribution in [1.29, 1.82) is 0 Å². The average molecular weight is 381 g/mol. The number of fused-ring (bicyclic) bond motifs is 1. The van der Waals surface area contributed by atoms with Gasteiger partial charge in [0.2, 0.25) is 5.91 Å². The van der Waals surface area contributed by atoms with Crippen LogP contribution >= 0.6 is 22.9 Å². The van der Waals surface area contributed by atoms with E-state index in [9.17, 15) is 14.4 Å². The highest BCUT2D eigenvalue weighted by atomic mass is 35.5. The fraction of sp³-hybridized carbons (Fsp3) is 0.235. The molecule has 1 aromatic carbocycles. The second-order valence-corrected chi connectivity index (χ2v) is 6.60. The summed E-state index contributed by atoms with van der Waals surface area (Å²) < 4.78 is 5.91. The first-order chi connectivity index (χ1) is 11.9. The first-order valence-corrected chi connectivity index (χ1v) is 8.58. The van der Waals surface area contributed by atoms with E-state index in [1.54, 1.807) is 6.08 Å². The molecule has 0 aliphatic rings. The van der Waals surface area contributed by atoms with Crippen LogP contribution < -0.4 is 5.32 Å². The molecule has 0 aliphatic heterocycles. The Kier molecular flexibility index (Phi) is 6.55. The molecule has 1 heterocycles. The molecule has 25 heavy (non-hydrogen) atoms. The van der Waals surface area contributed by atoms with Crippen LogP contribution in [0.1, 0.15) is 4.88 Å². The van der Waals surface area contributed by atoms with Crippen molar-refractivity contribution in [3.05, 3.63) is 40.2 Å². The summed E-state index contributed by atoms with van der Waals surface area (Å²) in [4.78, 5) is 36.6. The van der Waals surface area contributed by atoms with E-state index in [0.717, 1.165) is 15.0 Å². The van der Waals surface area contributed by atoms with Gasteiger partial charge < -0.3 is 15.0 Å². The summed E-state index contributed by atoms with van der Waals surface area (Å²) in [6.45, 7) is -0.531. The van der Waals surface area contributed by atoms with Gasteiger partial charge in [0.05, 0.1) is 11.6 Å². The van der Waals surface area contributed by atoms with Gasteiger partial charge in [-0.2, -0.15) is 0 Å². The lowest BCUT2D eigenvalue weighted by molar-refractivity contribution is -0.148. The number of thiophene rings is 1. The zero-order valence-corrected chi connectivity index (χ0v) is 15.3. The lowest BCUT2D eigenvalue weighted by Gasteiger charge is -2.15. The van der Waals surface area contributed by atoms with E-state index in [4.69, 9.17) is 16.3 Å². The van der Waals surface area contributed by atoms with Gasteiger partial charge >= 0.3 is 5.97 Å². The molecule has 0 spiro atoms. The number of carbonyl (C=O) groups excluding carboxylic acids is 3. The number of benzene rings is 1. The summed E-state index contributed by atoms with van der Waals surface area (Å²) in [7, 11) is 2.93. The number of hydrogen-bond donors (Lipinski definition) is 1. The fourth-order valence-electron chi connectivity index (χ4n) is 1.96. The maximum Gasteiger partial charge on any atom is 0.331 e. The molecule has 0 saturated carbocycles. The molecular weight excluding hydrogens is 364 g/mol. The number of rotatable bonds is 6. The van der Waals surface area contributed by atoms with Crippen molar-refractivity contribution in [2.45, 2.75) is 0 Å². The topological polar surface area (TPSA) is 75.7 Å².